The molecule has 43 heavy (non-hydrogen) atoms. The predicted octanol–water partition coefficient (Wildman–Crippen LogP) is 4.78. The number of carbonyl (C=O) groups is 1. The van der Waals surface area contributed by atoms with E-state index in [1.807, 2.05) is 24.3 Å². The van der Waals surface area contributed by atoms with Crippen molar-refractivity contribution in [3.63, 3.8) is 0 Å². The second-order valence-electron chi connectivity index (χ2n) is 13.0. The number of fused-ring (bicyclic) bond motifs is 2. The summed E-state index contributed by atoms with van der Waals surface area (Å²) in [6, 6.07) is 11.9. The lowest BCUT2D eigenvalue weighted by Gasteiger charge is -2.41. The number of nitrogens with zero attached hydrogens (tertiary/aromatic N) is 5. The van der Waals surface area contributed by atoms with E-state index in [4.69, 9.17) is 4.74 Å². The number of rotatable bonds is 6. The molecule has 222 valence electrons. The highest BCUT2D eigenvalue weighted by Crippen LogP contribution is 2.45. The standard InChI is InChI=1S/C33H36N6O3S/c1-32(2,3)22-13-28(41)39(37-16-22)18-23-14-26-30(43-23)24(8-9-35-26)25-12-20(15-34)11-21-7-6-10-38(29(21)25)27-17-36-33(4,5)31(27)42-19-40/h8-9,11-14,16,19,27,31,36H,6-7,10,17-18H2,1-5H3/t27-,31?/m0/s1. The third-order valence-corrected chi connectivity index (χ3v) is 9.82. The van der Waals surface area contributed by atoms with Gasteiger partial charge in [-0.25, -0.2) is 4.68 Å². The van der Waals surface area contributed by atoms with E-state index in [-0.39, 0.29) is 28.7 Å². The minimum absolute atomic E-state index is 0.0591. The van der Waals surface area contributed by atoms with Crippen molar-refractivity contribution < 1.29 is 9.53 Å². The Kier molecular flexibility index (Phi) is 7.35. The molecule has 10 heteroatoms. The van der Waals surface area contributed by atoms with E-state index in [0.29, 0.717) is 25.1 Å². The van der Waals surface area contributed by atoms with Crippen molar-refractivity contribution in [3.05, 3.63) is 74.6 Å². The van der Waals surface area contributed by atoms with Crippen LogP contribution in [0.2, 0.25) is 0 Å². The molecule has 1 aromatic carbocycles. The molecular formula is C33H36N6O3S. The van der Waals surface area contributed by atoms with Gasteiger partial charge in [-0.2, -0.15) is 10.4 Å². The number of pyridine rings is 1. The first-order chi connectivity index (χ1) is 20.5. The summed E-state index contributed by atoms with van der Waals surface area (Å²) in [4.78, 5) is 32.4. The Morgan fingerprint density at radius 2 is 2.05 bits per heavy atom. The average molecular weight is 597 g/mol. The summed E-state index contributed by atoms with van der Waals surface area (Å²) >= 11 is 1.59. The maximum Gasteiger partial charge on any atom is 0.293 e. The molecular weight excluding hydrogens is 560 g/mol. The van der Waals surface area contributed by atoms with Gasteiger partial charge < -0.3 is 15.0 Å². The summed E-state index contributed by atoms with van der Waals surface area (Å²) < 4.78 is 8.15. The number of nitrogens with one attached hydrogen (secondary N) is 1. The van der Waals surface area contributed by atoms with Crippen LogP contribution >= 0.6 is 11.3 Å². The van der Waals surface area contributed by atoms with Crippen molar-refractivity contribution in [3.8, 4) is 17.2 Å². The van der Waals surface area contributed by atoms with Crippen molar-refractivity contribution >= 4 is 33.7 Å². The van der Waals surface area contributed by atoms with Crippen LogP contribution in [0.25, 0.3) is 21.3 Å². The number of nitriles is 1. The van der Waals surface area contributed by atoms with Crippen LogP contribution in [-0.4, -0.2) is 52.0 Å². The minimum Gasteiger partial charge on any atom is -0.460 e. The van der Waals surface area contributed by atoms with Gasteiger partial charge in [0, 0.05) is 47.0 Å². The monoisotopic (exact) mass is 596 g/mol. The summed E-state index contributed by atoms with van der Waals surface area (Å²) in [7, 11) is 0. The van der Waals surface area contributed by atoms with Crippen LogP contribution in [0.15, 0.2) is 47.5 Å². The third-order valence-electron chi connectivity index (χ3n) is 8.67. The van der Waals surface area contributed by atoms with E-state index < -0.39 is 0 Å². The molecule has 9 nitrogen and oxygen atoms in total. The summed E-state index contributed by atoms with van der Waals surface area (Å²) in [6.07, 6.45) is 5.04. The van der Waals surface area contributed by atoms with Crippen LogP contribution in [-0.2, 0) is 27.9 Å². The number of thiophene rings is 1. The first-order valence-corrected chi connectivity index (χ1v) is 15.4. The van der Waals surface area contributed by atoms with Crippen molar-refractivity contribution in [2.24, 2.45) is 0 Å². The zero-order valence-corrected chi connectivity index (χ0v) is 26.0. The maximum atomic E-state index is 12.9. The lowest BCUT2D eigenvalue weighted by molar-refractivity contribution is -0.136. The number of ether oxygens (including phenoxy) is 1. The SMILES string of the molecule is CC(C)(C)c1cnn(Cc2cc3nccc(-c4cc(C#N)cc5c4N([C@H]4CNC(C)(C)C4OC=O)CCC5)c3s2)c(=O)c1. The predicted molar refractivity (Wildman–Crippen MR) is 169 cm³/mol. The van der Waals surface area contributed by atoms with Crippen LogP contribution in [0.3, 0.4) is 0 Å². The minimum atomic E-state index is -0.375. The van der Waals surface area contributed by atoms with Gasteiger partial charge in [-0.3, -0.25) is 14.6 Å². The molecule has 1 fully saturated rings. The average Bonchev–Trinajstić information content (AvgIpc) is 3.52. The number of benzene rings is 1. The molecule has 1 unspecified atom stereocenters. The Hall–Kier alpha value is -4.07. The Bertz CT molecular complexity index is 1810. The fourth-order valence-electron chi connectivity index (χ4n) is 6.42. The largest absolute Gasteiger partial charge is 0.460 e. The number of hydrogen-bond acceptors (Lipinski definition) is 9. The number of aromatic nitrogens is 3. The highest BCUT2D eigenvalue weighted by Gasteiger charge is 2.47. The smallest absolute Gasteiger partial charge is 0.293 e. The van der Waals surface area contributed by atoms with Crippen molar-refractivity contribution in [1.82, 2.24) is 20.1 Å². The Balaban J connectivity index is 1.45. The van der Waals surface area contributed by atoms with Crippen LogP contribution in [0, 0.1) is 11.3 Å². The summed E-state index contributed by atoms with van der Waals surface area (Å²) in [5.41, 5.74) is 5.83. The van der Waals surface area contributed by atoms with Gasteiger partial charge in [-0.1, -0.05) is 20.8 Å². The van der Waals surface area contributed by atoms with Gasteiger partial charge in [0.05, 0.1) is 46.2 Å². The van der Waals surface area contributed by atoms with Crippen LogP contribution in [0.4, 0.5) is 5.69 Å². The van der Waals surface area contributed by atoms with E-state index in [9.17, 15) is 14.9 Å². The molecule has 1 saturated heterocycles. The number of hydrogen-bond donors (Lipinski definition) is 1. The molecule has 6 rings (SSSR count). The molecule has 0 aliphatic carbocycles. The second-order valence-corrected chi connectivity index (χ2v) is 14.2. The first kappa shape index (κ1) is 29.0. The van der Waals surface area contributed by atoms with Crippen molar-refractivity contribution in [2.75, 3.05) is 18.0 Å². The number of carbonyl (C=O) groups excluding carboxylic acids is 1. The van der Waals surface area contributed by atoms with Crippen molar-refractivity contribution in [1.29, 1.82) is 5.26 Å². The quantitative estimate of drug-likeness (QED) is 0.317. The summed E-state index contributed by atoms with van der Waals surface area (Å²) in [6.45, 7) is 12.7. The van der Waals surface area contributed by atoms with Crippen LogP contribution in [0.5, 0.6) is 0 Å². The molecule has 2 atom stereocenters. The lowest BCUT2D eigenvalue weighted by atomic mass is 9.89. The molecule has 3 aromatic heterocycles. The van der Waals surface area contributed by atoms with Gasteiger partial charge in [-0.05, 0) is 67.5 Å². The lowest BCUT2D eigenvalue weighted by Crippen LogP contribution is -2.51. The van der Waals surface area contributed by atoms with Gasteiger partial charge >= 0.3 is 0 Å². The van der Waals surface area contributed by atoms with E-state index in [0.717, 1.165) is 62.4 Å². The van der Waals surface area contributed by atoms with Gasteiger partial charge in [-0.15, -0.1) is 11.3 Å². The normalized spacial score (nSPS) is 19.7. The van der Waals surface area contributed by atoms with Crippen molar-refractivity contribution in [2.45, 2.75) is 77.1 Å². The van der Waals surface area contributed by atoms with Gasteiger partial charge in [0.1, 0.15) is 6.10 Å². The van der Waals surface area contributed by atoms with Gasteiger partial charge in [0.2, 0.25) is 0 Å². The van der Waals surface area contributed by atoms with E-state index in [1.54, 1.807) is 29.8 Å². The fraction of sp³-hybridized carbons (Fsp3) is 0.424. The van der Waals surface area contributed by atoms with Crippen LogP contribution in [0.1, 0.15) is 62.6 Å². The zero-order valence-electron chi connectivity index (χ0n) is 25.2. The Morgan fingerprint density at radius 1 is 1.23 bits per heavy atom. The maximum absolute atomic E-state index is 12.9. The van der Waals surface area contributed by atoms with E-state index in [1.165, 1.54) is 4.68 Å². The van der Waals surface area contributed by atoms with E-state index in [2.05, 4.69) is 61.0 Å². The van der Waals surface area contributed by atoms with E-state index >= 15 is 0 Å². The Morgan fingerprint density at radius 3 is 2.77 bits per heavy atom. The molecule has 2 aliphatic heterocycles. The molecule has 0 bridgehead atoms. The molecule has 0 amide bonds. The molecule has 4 aromatic rings. The number of anilines is 1. The molecule has 0 spiro atoms. The zero-order chi connectivity index (χ0) is 30.5. The van der Waals surface area contributed by atoms with Crippen LogP contribution < -0.4 is 15.8 Å². The third kappa shape index (κ3) is 5.32. The van der Waals surface area contributed by atoms with Gasteiger partial charge in [0.25, 0.3) is 12.0 Å². The highest BCUT2D eigenvalue weighted by molar-refractivity contribution is 7.19. The highest BCUT2D eigenvalue weighted by atomic mass is 32.1. The molecule has 5 heterocycles. The summed E-state index contributed by atoms with van der Waals surface area (Å²) in [5, 5.41) is 18.0. The molecule has 1 N–H and O–H groups in total. The number of aryl methyl sites for hydroxylation is 1. The van der Waals surface area contributed by atoms with Gasteiger partial charge in [0.15, 0.2) is 0 Å². The Labute approximate surface area is 255 Å². The molecule has 0 saturated carbocycles. The fourth-order valence-corrected chi connectivity index (χ4v) is 7.54. The topological polar surface area (TPSA) is 113 Å². The molecule has 2 aliphatic rings. The second kappa shape index (κ2) is 10.9. The first-order valence-electron chi connectivity index (χ1n) is 14.6. The summed E-state index contributed by atoms with van der Waals surface area (Å²) in [5.74, 6) is 0. The molecule has 0 radical (unpaired) electrons.